The van der Waals surface area contributed by atoms with Gasteiger partial charge in [-0.05, 0) is 59.2 Å². The van der Waals surface area contributed by atoms with Crippen LogP contribution in [0.25, 0.3) is 0 Å². The van der Waals surface area contributed by atoms with E-state index in [4.69, 9.17) is 4.74 Å². The molecule has 0 aliphatic carbocycles. The molecule has 0 spiro atoms. The average molecular weight is 454 g/mol. The highest BCUT2D eigenvalue weighted by Crippen LogP contribution is 2.25. The quantitative estimate of drug-likeness (QED) is 0.395. The van der Waals surface area contributed by atoms with E-state index in [0.717, 1.165) is 4.90 Å². The smallest absolute Gasteiger partial charge is 0.408 e. The van der Waals surface area contributed by atoms with Gasteiger partial charge in [0.2, 0.25) is 11.8 Å². The number of aliphatic hydroxyl groups is 2. The van der Waals surface area contributed by atoms with Crippen molar-refractivity contribution in [1.82, 2.24) is 15.5 Å². The normalized spacial score (nSPS) is 13.6. The lowest BCUT2D eigenvalue weighted by molar-refractivity contribution is -0.144. The zero-order valence-corrected chi connectivity index (χ0v) is 19.5. The fourth-order valence-electron chi connectivity index (χ4n) is 2.88. The summed E-state index contributed by atoms with van der Waals surface area (Å²) in [5, 5.41) is 34.1. The number of rotatable bonds is 8. The van der Waals surface area contributed by atoms with Crippen molar-refractivity contribution in [2.75, 3.05) is 19.8 Å². The van der Waals surface area contributed by atoms with Gasteiger partial charge in [0.05, 0.1) is 13.2 Å². The van der Waals surface area contributed by atoms with E-state index in [0.29, 0.717) is 5.56 Å². The predicted octanol–water partition coefficient (Wildman–Crippen LogP) is 1.05. The van der Waals surface area contributed by atoms with Crippen LogP contribution in [0.15, 0.2) is 24.3 Å². The van der Waals surface area contributed by atoms with E-state index in [1.165, 1.54) is 24.3 Å². The molecule has 2 atom stereocenters. The summed E-state index contributed by atoms with van der Waals surface area (Å²) >= 11 is 0. The van der Waals surface area contributed by atoms with Crippen LogP contribution in [0, 0.1) is 0 Å². The number of hydrogen-bond donors (Lipinski definition) is 5. The molecule has 1 aromatic carbocycles. The Hall–Kier alpha value is -2.85. The standard InChI is InChI=1S/C22H35N3O7/c1-21(2,3)24-18(29)17(14-7-9-15(28)10-8-14)25(11-12-26)19(30)16(13-27)23-20(31)32-22(4,5)6/h7-10,16-17,26-28H,11-13H2,1-6H3,(H,23,31)(H,24,29). The molecular weight excluding hydrogens is 418 g/mol. The van der Waals surface area contributed by atoms with Crippen molar-refractivity contribution in [3.63, 3.8) is 0 Å². The number of carbonyl (C=O) groups excluding carboxylic acids is 3. The molecule has 0 radical (unpaired) electrons. The zero-order chi connectivity index (χ0) is 24.7. The molecule has 3 amide bonds. The molecule has 0 heterocycles. The van der Waals surface area contributed by atoms with Crippen molar-refractivity contribution in [3.8, 4) is 5.75 Å². The van der Waals surface area contributed by atoms with Gasteiger partial charge in [0.25, 0.3) is 0 Å². The van der Waals surface area contributed by atoms with Gasteiger partial charge in [0.1, 0.15) is 23.4 Å². The number of nitrogens with zero attached hydrogens (tertiary/aromatic N) is 1. The van der Waals surface area contributed by atoms with E-state index in [1.54, 1.807) is 41.5 Å². The summed E-state index contributed by atoms with van der Waals surface area (Å²) in [7, 11) is 0. The predicted molar refractivity (Wildman–Crippen MR) is 118 cm³/mol. The molecule has 0 fully saturated rings. The number of amides is 3. The second-order valence-electron chi connectivity index (χ2n) is 9.37. The summed E-state index contributed by atoms with van der Waals surface area (Å²) in [6.45, 7) is 8.83. The summed E-state index contributed by atoms with van der Waals surface area (Å²) < 4.78 is 5.14. The minimum Gasteiger partial charge on any atom is -0.508 e. The molecule has 10 nitrogen and oxygen atoms in total. The van der Waals surface area contributed by atoms with Gasteiger partial charge in [0.15, 0.2) is 0 Å². The Bertz CT molecular complexity index is 782. The van der Waals surface area contributed by atoms with Gasteiger partial charge in [-0.3, -0.25) is 9.59 Å². The van der Waals surface area contributed by atoms with Crippen LogP contribution in [-0.4, -0.2) is 75.1 Å². The number of nitrogens with one attached hydrogen (secondary N) is 2. The van der Waals surface area contributed by atoms with Crippen molar-refractivity contribution in [2.45, 2.75) is 64.8 Å². The van der Waals surface area contributed by atoms with Gasteiger partial charge in [-0.15, -0.1) is 0 Å². The molecule has 0 aliphatic rings. The highest BCUT2D eigenvalue weighted by molar-refractivity contribution is 5.92. The Morgan fingerprint density at radius 3 is 2.03 bits per heavy atom. The van der Waals surface area contributed by atoms with E-state index >= 15 is 0 Å². The molecule has 1 rings (SSSR count). The van der Waals surface area contributed by atoms with Crippen molar-refractivity contribution < 1.29 is 34.4 Å². The minimum atomic E-state index is -1.40. The fraction of sp³-hybridized carbons (Fsp3) is 0.591. The Morgan fingerprint density at radius 1 is 1.03 bits per heavy atom. The second-order valence-corrected chi connectivity index (χ2v) is 9.37. The highest BCUT2D eigenvalue weighted by Gasteiger charge is 2.36. The number of aromatic hydroxyl groups is 1. The Morgan fingerprint density at radius 2 is 1.59 bits per heavy atom. The van der Waals surface area contributed by atoms with Gasteiger partial charge < -0.3 is 35.6 Å². The van der Waals surface area contributed by atoms with Gasteiger partial charge in [-0.2, -0.15) is 0 Å². The number of ether oxygens (including phenoxy) is 1. The molecule has 32 heavy (non-hydrogen) atoms. The molecular formula is C22H35N3O7. The molecule has 0 bridgehead atoms. The number of phenolic OH excluding ortho intramolecular Hbond substituents is 1. The highest BCUT2D eigenvalue weighted by atomic mass is 16.6. The van der Waals surface area contributed by atoms with Crippen LogP contribution in [0.3, 0.4) is 0 Å². The minimum absolute atomic E-state index is 0.0245. The molecule has 0 aliphatic heterocycles. The van der Waals surface area contributed by atoms with E-state index in [2.05, 4.69) is 10.6 Å². The van der Waals surface area contributed by atoms with Crippen molar-refractivity contribution in [1.29, 1.82) is 0 Å². The largest absolute Gasteiger partial charge is 0.508 e. The third-order valence-corrected chi connectivity index (χ3v) is 4.06. The van der Waals surface area contributed by atoms with E-state index in [1.807, 2.05) is 0 Å². The van der Waals surface area contributed by atoms with Crippen LogP contribution in [-0.2, 0) is 14.3 Å². The molecule has 2 unspecified atom stereocenters. The Labute approximate surface area is 188 Å². The maximum absolute atomic E-state index is 13.3. The Balaban J connectivity index is 3.32. The van der Waals surface area contributed by atoms with Gasteiger partial charge in [-0.1, -0.05) is 12.1 Å². The summed E-state index contributed by atoms with van der Waals surface area (Å²) in [4.78, 5) is 39.6. The molecule has 10 heteroatoms. The molecule has 5 N–H and O–H groups in total. The number of carbonyl (C=O) groups is 3. The topological polar surface area (TPSA) is 148 Å². The lowest BCUT2D eigenvalue weighted by Crippen LogP contribution is -2.56. The first-order valence-electron chi connectivity index (χ1n) is 10.3. The monoisotopic (exact) mass is 453 g/mol. The van der Waals surface area contributed by atoms with Crippen molar-refractivity contribution in [3.05, 3.63) is 29.8 Å². The average Bonchev–Trinajstić information content (AvgIpc) is 2.63. The Kier molecular flexibility index (Phi) is 9.47. The van der Waals surface area contributed by atoms with E-state index in [9.17, 15) is 29.7 Å². The molecule has 0 saturated heterocycles. The number of hydrogen-bond acceptors (Lipinski definition) is 7. The zero-order valence-electron chi connectivity index (χ0n) is 19.5. The summed E-state index contributed by atoms with van der Waals surface area (Å²) in [5.41, 5.74) is -1.06. The molecule has 1 aromatic rings. The van der Waals surface area contributed by atoms with Gasteiger partial charge >= 0.3 is 6.09 Å². The third kappa shape index (κ3) is 8.72. The number of aliphatic hydroxyl groups excluding tert-OH is 2. The SMILES string of the molecule is CC(C)(C)NC(=O)C(c1ccc(O)cc1)N(CCO)C(=O)C(CO)NC(=O)OC(C)(C)C. The van der Waals surface area contributed by atoms with E-state index < -0.39 is 54.3 Å². The fourth-order valence-corrected chi connectivity index (χ4v) is 2.88. The first kappa shape index (κ1) is 27.2. The number of alkyl carbamates (subject to hydrolysis) is 1. The maximum atomic E-state index is 13.3. The van der Waals surface area contributed by atoms with E-state index in [-0.39, 0.29) is 12.3 Å². The summed E-state index contributed by atoms with van der Waals surface area (Å²) in [5.74, 6) is -1.34. The summed E-state index contributed by atoms with van der Waals surface area (Å²) in [6, 6.07) is 3.11. The molecule has 180 valence electrons. The van der Waals surface area contributed by atoms with Gasteiger partial charge in [0, 0.05) is 12.1 Å². The first-order chi connectivity index (χ1) is 14.7. The van der Waals surface area contributed by atoms with Crippen molar-refractivity contribution >= 4 is 17.9 Å². The second kappa shape index (κ2) is 11.1. The van der Waals surface area contributed by atoms with Crippen LogP contribution in [0.5, 0.6) is 5.75 Å². The third-order valence-electron chi connectivity index (χ3n) is 4.06. The lowest BCUT2D eigenvalue weighted by Gasteiger charge is -2.35. The van der Waals surface area contributed by atoms with Crippen LogP contribution in [0.1, 0.15) is 53.1 Å². The maximum Gasteiger partial charge on any atom is 0.408 e. The molecule has 0 aromatic heterocycles. The number of phenols is 1. The lowest BCUT2D eigenvalue weighted by atomic mass is 10.0. The van der Waals surface area contributed by atoms with Crippen LogP contribution >= 0.6 is 0 Å². The van der Waals surface area contributed by atoms with Crippen LogP contribution < -0.4 is 10.6 Å². The molecule has 0 saturated carbocycles. The summed E-state index contributed by atoms with van der Waals surface area (Å²) in [6.07, 6.45) is -0.908. The number of benzene rings is 1. The van der Waals surface area contributed by atoms with Crippen LogP contribution in [0.2, 0.25) is 0 Å². The van der Waals surface area contributed by atoms with Gasteiger partial charge in [-0.25, -0.2) is 4.79 Å². The first-order valence-corrected chi connectivity index (χ1v) is 10.3. The van der Waals surface area contributed by atoms with Crippen molar-refractivity contribution in [2.24, 2.45) is 0 Å². The van der Waals surface area contributed by atoms with Crippen LogP contribution in [0.4, 0.5) is 4.79 Å².